The van der Waals surface area contributed by atoms with E-state index < -0.39 is 11.2 Å². The number of anilines is 1. The van der Waals surface area contributed by atoms with Crippen LogP contribution in [0.15, 0.2) is 18.2 Å². The van der Waals surface area contributed by atoms with Gasteiger partial charge < -0.3 is 14.7 Å². The Morgan fingerprint density at radius 2 is 1.86 bits per heavy atom. The molecule has 1 N–H and O–H groups in total. The highest BCUT2D eigenvalue weighted by molar-refractivity contribution is 6.47. The maximum absolute atomic E-state index is 10.1. The average Bonchev–Trinajstić information content (AvgIpc) is 2.97. The average molecular weight is 300 g/mol. The molecule has 22 heavy (non-hydrogen) atoms. The molecule has 118 valence electrons. The monoisotopic (exact) mass is 300 g/mol. The molecule has 1 aliphatic heterocycles. The molecule has 1 saturated heterocycles. The van der Waals surface area contributed by atoms with Crippen LogP contribution in [-0.4, -0.2) is 36.9 Å². The summed E-state index contributed by atoms with van der Waals surface area (Å²) in [5, 5.41) is 19.5. The normalized spacial score (nSPS) is 15.7. The molecule has 0 saturated carbocycles. The number of hydrogen-bond acceptors (Lipinski definition) is 4. The standard InChI is InChI=1S/C17H25BN2O2/c1-16(2,21)17(3,4)22-18-14-7-8-15(13(11-14)12-19)20-9-5-6-10-20/h7-8,11,18,21H,5-6,9-10H2,1-4H3. The van der Waals surface area contributed by atoms with Gasteiger partial charge in [0.1, 0.15) is 6.07 Å². The van der Waals surface area contributed by atoms with Crippen molar-refractivity contribution in [3.05, 3.63) is 23.8 Å². The van der Waals surface area contributed by atoms with Crippen LogP contribution in [0, 0.1) is 11.3 Å². The number of nitrogens with zero attached hydrogens (tertiary/aromatic N) is 2. The van der Waals surface area contributed by atoms with Crippen molar-refractivity contribution in [3.8, 4) is 6.07 Å². The van der Waals surface area contributed by atoms with Crippen molar-refractivity contribution in [2.45, 2.75) is 51.7 Å². The Labute approximate surface area is 134 Å². The number of aliphatic hydroxyl groups is 1. The van der Waals surface area contributed by atoms with E-state index in [0.717, 1.165) is 24.2 Å². The number of hydrogen-bond donors (Lipinski definition) is 1. The molecule has 0 atom stereocenters. The summed E-state index contributed by atoms with van der Waals surface area (Å²) in [6.07, 6.45) is 2.38. The molecule has 0 aromatic heterocycles. The number of rotatable bonds is 5. The smallest absolute Gasteiger partial charge is 0.309 e. The van der Waals surface area contributed by atoms with Crippen molar-refractivity contribution >= 4 is 18.6 Å². The van der Waals surface area contributed by atoms with Gasteiger partial charge in [0.15, 0.2) is 0 Å². The van der Waals surface area contributed by atoms with Crippen LogP contribution in [0.5, 0.6) is 0 Å². The molecule has 2 rings (SSSR count). The Kier molecular flexibility index (Phi) is 4.84. The van der Waals surface area contributed by atoms with Crippen LogP contribution in [0.25, 0.3) is 0 Å². The second kappa shape index (κ2) is 6.32. The molecule has 0 aliphatic carbocycles. The maximum Gasteiger partial charge on any atom is 0.309 e. The zero-order valence-electron chi connectivity index (χ0n) is 14.0. The summed E-state index contributed by atoms with van der Waals surface area (Å²) < 4.78 is 5.87. The lowest BCUT2D eigenvalue weighted by molar-refractivity contribution is -0.0893. The van der Waals surface area contributed by atoms with E-state index in [9.17, 15) is 10.4 Å². The van der Waals surface area contributed by atoms with Gasteiger partial charge in [0.25, 0.3) is 0 Å². The fraction of sp³-hybridized carbons (Fsp3) is 0.588. The third kappa shape index (κ3) is 3.63. The van der Waals surface area contributed by atoms with Gasteiger partial charge in [0, 0.05) is 13.1 Å². The summed E-state index contributed by atoms with van der Waals surface area (Å²) in [6, 6.07) is 8.21. The van der Waals surface area contributed by atoms with Crippen molar-refractivity contribution in [1.29, 1.82) is 5.26 Å². The van der Waals surface area contributed by atoms with Crippen molar-refractivity contribution in [2.75, 3.05) is 18.0 Å². The Bertz CT molecular complexity index is 567. The predicted molar refractivity (Wildman–Crippen MR) is 90.8 cm³/mol. The van der Waals surface area contributed by atoms with Gasteiger partial charge in [-0.1, -0.05) is 11.5 Å². The second-order valence-corrected chi connectivity index (χ2v) is 7.02. The summed E-state index contributed by atoms with van der Waals surface area (Å²) in [4.78, 5) is 2.27. The fourth-order valence-corrected chi connectivity index (χ4v) is 2.44. The van der Waals surface area contributed by atoms with E-state index in [-0.39, 0.29) is 0 Å². The zero-order valence-corrected chi connectivity index (χ0v) is 14.0. The van der Waals surface area contributed by atoms with E-state index in [4.69, 9.17) is 4.65 Å². The van der Waals surface area contributed by atoms with Gasteiger partial charge in [-0.2, -0.15) is 5.26 Å². The molecule has 1 aromatic carbocycles. The largest absolute Gasteiger partial charge is 0.427 e. The van der Waals surface area contributed by atoms with Crippen LogP contribution in [0.1, 0.15) is 46.1 Å². The lowest BCUT2D eigenvalue weighted by Crippen LogP contribution is -2.49. The molecule has 0 amide bonds. The number of benzene rings is 1. The lowest BCUT2D eigenvalue weighted by atomic mass is 9.82. The first-order chi connectivity index (χ1) is 10.2. The summed E-state index contributed by atoms with van der Waals surface area (Å²) in [6.45, 7) is 9.27. The predicted octanol–water partition coefficient (Wildman–Crippen LogP) is 1.70. The Morgan fingerprint density at radius 3 is 2.41 bits per heavy atom. The first-order valence-corrected chi connectivity index (χ1v) is 7.89. The minimum atomic E-state index is -0.930. The van der Waals surface area contributed by atoms with E-state index in [0.29, 0.717) is 13.0 Å². The Hall–Kier alpha value is -1.51. The third-order valence-corrected chi connectivity index (χ3v) is 4.70. The third-order valence-electron chi connectivity index (χ3n) is 4.70. The van der Waals surface area contributed by atoms with E-state index >= 15 is 0 Å². The van der Waals surface area contributed by atoms with Crippen LogP contribution in [-0.2, 0) is 4.65 Å². The van der Waals surface area contributed by atoms with E-state index in [2.05, 4.69) is 11.0 Å². The first kappa shape index (κ1) is 16.9. The quantitative estimate of drug-likeness (QED) is 0.841. The molecule has 1 aromatic rings. The molecule has 0 spiro atoms. The van der Waals surface area contributed by atoms with Gasteiger partial charge in [-0.25, -0.2) is 0 Å². The van der Waals surface area contributed by atoms with Gasteiger partial charge in [-0.3, -0.25) is 0 Å². The van der Waals surface area contributed by atoms with Crippen LogP contribution in [0.2, 0.25) is 0 Å². The van der Waals surface area contributed by atoms with Crippen molar-refractivity contribution < 1.29 is 9.76 Å². The topological polar surface area (TPSA) is 56.5 Å². The van der Waals surface area contributed by atoms with Crippen molar-refractivity contribution in [1.82, 2.24) is 0 Å². The van der Waals surface area contributed by atoms with Crippen LogP contribution in [0.3, 0.4) is 0 Å². The van der Waals surface area contributed by atoms with Crippen molar-refractivity contribution in [2.24, 2.45) is 0 Å². The molecule has 1 heterocycles. The minimum absolute atomic E-state index is 0.381. The summed E-state index contributed by atoms with van der Waals surface area (Å²) in [7, 11) is 0.381. The van der Waals surface area contributed by atoms with Gasteiger partial charge in [0.05, 0.1) is 22.5 Å². The SMILES string of the molecule is CC(C)(O)C(C)(C)OBc1ccc(N2CCCC2)c(C#N)c1. The van der Waals surface area contributed by atoms with E-state index in [1.54, 1.807) is 13.8 Å². The van der Waals surface area contributed by atoms with Crippen molar-refractivity contribution in [3.63, 3.8) is 0 Å². The Morgan fingerprint density at radius 1 is 1.23 bits per heavy atom. The molecule has 0 bridgehead atoms. The molecule has 4 nitrogen and oxygen atoms in total. The minimum Gasteiger partial charge on any atom is -0.427 e. The van der Waals surface area contributed by atoms with E-state index in [1.807, 2.05) is 32.0 Å². The molecule has 0 radical (unpaired) electrons. The summed E-state index contributed by atoms with van der Waals surface area (Å²) >= 11 is 0. The molecular formula is C17H25BN2O2. The molecule has 1 aliphatic rings. The second-order valence-electron chi connectivity index (χ2n) is 7.02. The van der Waals surface area contributed by atoms with Crippen LogP contribution in [0.4, 0.5) is 5.69 Å². The summed E-state index contributed by atoms with van der Waals surface area (Å²) in [5.74, 6) is 0. The van der Waals surface area contributed by atoms with Gasteiger partial charge in [0.2, 0.25) is 0 Å². The van der Waals surface area contributed by atoms with E-state index in [1.165, 1.54) is 12.8 Å². The highest BCUT2D eigenvalue weighted by Crippen LogP contribution is 2.25. The first-order valence-electron chi connectivity index (χ1n) is 7.89. The fourth-order valence-electron chi connectivity index (χ4n) is 2.44. The highest BCUT2D eigenvalue weighted by Gasteiger charge is 2.35. The molecular weight excluding hydrogens is 275 g/mol. The van der Waals surface area contributed by atoms with Gasteiger partial charge in [-0.15, -0.1) is 0 Å². The molecule has 1 fully saturated rings. The summed E-state index contributed by atoms with van der Waals surface area (Å²) in [5.41, 5.74) is 1.08. The van der Waals surface area contributed by atoms with Crippen LogP contribution >= 0.6 is 0 Å². The Balaban J connectivity index is 2.12. The van der Waals surface area contributed by atoms with Gasteiger partial charge in [-0.05, 0) is 52.7 Å². The van der Waals surface area contributed by atoms with Gasteiger partial charge >= 0.3 is 7.48 Å². The number of nitriles is 1. The maximum atomic E-state index is 10.1. The van der Waals surface area contributed by atoms with Crippen LogP contribution < -0.4 is 10.4 Å². The zero-order chi connectivity index (χ0) is 16.4. The molecule has 0 unspecified atom stereocenters. The lowest BCUT2D eigenvalue weighted by Gasteiger charge is -2.37. The highest BCUT2D eigenvalue weighted by atomic mass is 16.5. The molecule has 5 heteroatoms.